The minimum Gasteiger partial charge on any atom is -0.405 e. The highest BCUT2D eigenvalue weighted by atomic mass is 19.4. The number of nitrogens with zero attached hydrogens (tertiary/aromatic N) is 4. The van der Waals surface area contributed by atoms with Crippen LogP contribution in [-0.4, -0.2) is 61.0 Å². The number of benzene rings is 1. The zero-order valence-electron chi connectivity index (χ0n) is 21.0. The van der Waals surface area contributed by atoms with Crippen LogP contribution in [0, 0.1) is 5.92 Å². The molecule has 0 bridgehead atoms. The van der Waals surface area contributed by atoms with Crippen LogP contribution in [0.25, 0.3) is 16.9 Å². The molecule has 1 aromatic carbocycles. The Bertz CT molecular complexity index is 1480. The van der Waals surface area contributed by atoms with Gasteiger partial charge < -0.3 is 25.8 Å². The average Bonchev–Trinajstić information content (AvgIpc) is 3.43. The number of rotatable bonds is 6. The lowest BCUT2D eigenvalue weighted by atomic mass is 10.0. The predicted molar refractivity (Wildman–Crippen MR) is 133 cm³/mol. The number of aromatic nitrogens is 3. The van der Waals surface area contributed by atoms with Crippen molar-refractivity contribution >= 4 is 23.3 Å². The number of hydrogen-bond acceptors (Lipinski definition) is 7. The summed E-state index contributed by atoms with van der Waals surface area (Å²) in [7, 11) is 0. The zero-order chi connectivity index (χ0) is 27.6. The molecule has 2 amide bonds. The number of hydrogen-bond donors (Lipinski definition) is 3. The largest absolute Gasteiger partial charge is 0.573 e. The summed E-state index contributed by atoms with van der Waals surface area (Å²) in [6.45, 7) is 2.07. The van der Waals surface area contributed by atoms with E-state index < -0.39 is 30.0 Å². The van der Waals surface area contributed by atoms with E-state index in [4.69, 9.17) is 5.73 Å². The molecule has 2 aliphatic carbocycles. The van der Waals surface area contributed by atoms with Crippen LogP contribution in [0.2, 0.25) is 0 Å². The minimum absolute atomic E-state index is 0.0331. The summed E-state index contributed by atoms with van der Waals surface area (Å²) in [4.78, 5) is 32.3. The van der Waals surface area contributed by atoms with E-state index in [0.29, 0.717) is 30.7 Å². The second kappa shape index (κ2) is 9.11. The average molecular weight is 545 g/mol. The maximum atomic E-state index is 13.4. The fourth-order valence-electron chi connectivity index (χ4n) is 5.63. The summed E-state index contributed by atoms with van der Waals surface area (Å²) < 4.78 is 45.7. The van der Waals surface area contributed by atoms with E-state index in [2.05, 4.69) is 20.1 Å². The van der Waals surface area contributed by atoms with Gasteiger partial charge >= 0.3 is 6.36 Å². The molecule has 39 heavy (non-hydrogen) atoms. The van der Waals surface area contributed by atoms with E-state index in [1.807, 2.05) is 6.92 Å². The van der Waals surface area contributed by atoms with Crippen molar-refractivity contribution in [1.29, 1.82) is 0 Å². The van der Waals surface area contributed by atoms with Crippen molar-refractivity contribution < 1.29 is 32.6 Å². The Morgan fingerprint density at radius 2 is 2.03 bits per heavy atom. The van der Waals surface area contributed by atoms with E-state index >= 15 is 0 Å². The van der Waals surface area contributed by atoms with E-state index in [9.17, 15) is 27.9 Å². The molecule has 3 heterocycles. The highest BCUT2D eigenvalue weighted by Crippen LogP contribution is 2.42. The third-order valence-corrected chi connectivity index (χ3v) is 7.80. The SMILES string of the molecule is CC(C1CC1)N1Cc2cc(-c3ccn4nc(N)c(C(=O)N[C@H]5CC[C@H](O)C5)c4n3)cc(OC(F)(F)F)c2C1=O. The van der Waals surface area contributed by atoms with Gasteiger partial charge in [0.15, 0.2) is 11.5 Å². The number of nitrogens with two attached hydrogens (primary N) is 1. The second-order valence-corrected chi connectivity index (χ2v) is 10.5. The van der Waals surface area contributed by atoms with Crippen molar-refractivity contribution in [3.8, 4) is 17.0 Å². The van der Waals surface area contributed by atoms with Crippen LogP contribution < -0.4 is 15.8 Å². The molecular weight excluding hydrogens is 517 g/mol. The normalized spacial score (nSPS) is 21.9. The van der Waals surface area contributed by atoms with Crippen molar-refractivity contribution in [2.75, 3.05) is 5.73 Å². The fraction of sp³-hybridized carbons (Fsp3) is 0.462. The Labute approximate surface area is 220 Å². The standard InChI is InChI=1S/C26H27F3N6O4/c1-12(13-2-3-13)34-11-15-8-14(9-19(20(15)25(34)38)39-26(27,28)29)18-6-7-35-23(32-18)21(22(30)33-35)24(37)31-16-4-5-17(36)10-16/h6-9,12-13,16-17,36H,2-5,10-11H2,1H3,(H2,30,33)(H,31,37)/t12?,16-,17-/m0/s1. The molecule has 1 unspecified atom stereocenters. The molecule has 1 aliphatic heterocycles. The molecule has 0 spiro atoms. The maximum absolute atomic E-state index is 13.4. The van der Waals surface area contributed by atoms with E-state index in [1.165, 1.54) is 16.8 Å². The molecule has 2 aromatic heterocycles. The van der Waals surface area contributed by atoms with Gasteiger partial charge in [0.2, 0.25) is 0 Å². The van der Waals surface area contributed by atoms with Crippen LogP contribution in [0.5, 0.6) is 5.75 Å². The Kier molecular flexibility index (Phi) is 5.93. The lowest BCUT2D eigenvalue weighted by Crippen LogP contribution is -2.34. The molecule has 3 aromatic rings. The first kappa shape index (κ1) is 25.4. The summed E-state index contributed by atoms with van der Waals surface area (Å²) in [6, 6.07) is 4.00. The summed E-state index contributed by atoms with van der Waals surface area (Å²) >= 11 is 0. The number of aliphatic hydroxyl groups excluding tert-OH is 1. The van der Waals surface area contributed by atoms with E-state index in [-0.39, 0.29) is 52.5 Å². The van der Waals surface area contributed by atoms with Crippen LogP contribution in [0.1, 0.15) is 65.3 Å². The number of carbonyl (C=O) groups excluding carboxylic acids is 2. The Morgan fingerprint density at radius 1 is 1.26 bits per heavy atom. The predicted octanol–water partition coefficient (Wildman–Crippen LogP) is 3.27. The number of nitrogen functional groups attached to an aromatic ring is 1. The van der Waals surface area contributed by atoms with E-state index in [0.717, 1.165) is 18.9 Å². The number of nitrogens with one attached hydrogen (secondary N) is 1. The van der Waals surface area contributed by atoms with Crippen LogP contribution in [0.15, 0.2) is 24.4 Å². The second-order valence-electron chi connectivity index (χ2n) is 10.5. The van der Waals surface area contributed by atoms with Gasteiger partial charge in [-0.2, -0.15) is 0 Å². The summed E-state index contributed by atoms with van der Waals surface area (Å²) in [5.74, 6) is -1.29. The van der Waals surface area contributed by atoms with Gasteiger partial charge in [0, 0.05) is 30.4 Å². The van der Waals surface area contributed by atoms with Gasteiger partial charge in [0.25, 0.3) is 11.8 Å². The molecule has 2 saturated carbocycles. The molecule has 206 valence electrons. The number of carbonyl (C=O) groups is 2. The van der Waals surface area contributed by atoms with Gasteiger partial charge in [0.1, 0.15) is 11.3 Å². The van der Waals surface area contributed by atoms with Gasteiger partial charge in [-0.1, -0.05) is 0 Å². The van der Waals surface area contributed by atoms with Crippen molar-refractivity contribution in [3.63, 3.8) is 0 Å². The Morgan fingerprint density at radius 3 is 2.69 bits per heavy atom. The molecular formula is C26H27F3N6O4. The highest BCUT2D eigenvalue weighted by molar-refractivity contribution is 6.05. The summed E-state index contributed by atoms with van der Waals surface area (Å²) in [6.07, 6.45) is -0.386. The number of alkyl halides is 3. The highest BCUT2D eigenvalue weighted by Gasteiger charge is 2.42. The van der Waals surface area contributed by atoms with E-state index in [1.54, 1.807) is 11.0 Å². The summed E-state index contributed by atoms with van der Waals surface area (Å²) in [5.41, 5.74) is 7.04. The molecule has 13 heteroatoms. The first-order valence-corrected chi connectivity index (χ1v) is 12.9. The molecule has 4 N–H and O–H groups in total. The maximum Gasteiger partial charge on any atom is 0.573 e. The fourth-order valence-corrected chi connectivity index (χ4v) is 5.63. The molecule has 3 aliphatic rings. The lowest BCUT2D eigenvalue weighted by Gasteiger charge is -2.24. The number of ether oxygens (including phenoxy) is 1. The van der Waals surface area contributed by atoms with Gasteiger partial charge in [-0.25, -0.2) is 9.50 Å². The first-order chi connectivity index (χ1) is 18.5. The van der Waals surface area contributed by atoms with Crippen LogP contribution >= 0.6 is 0 Å². The van der Waals surface area contributed by atoms with Crippen LogP contribution in [0.3, 0.4) is 0 Å². The molecule has 10 nitrogen and oxygen atoms in total. The first-order valence-electron chi connectivity index (χ1n) is 12.9. The quantitative estimate of drug-likeness (QED) is 0.434. The third-order valence-electron chi connectivity index (χ3n) is 7.80. The van der Waals surface area contributed by atoms with Crippen molar-refractivity contribution in [1.82, 2.24) is 24.8 Å². The molecule has 0 saturated heterocycles. The number of amides is 2. The number of fused-ring (bicyclic) bond motifs is 2. The molecule has 3 atom stereocenters. The zero-order valence-corrected chi connectivity index (χ0v) is 21.0. The third kappa shape index (κ3) is 4.75. The van der Waals surface area contributed by atoms with Gasteiger partial charge in [0.05, 0.1) is 17.4 Å². The van der Waals surface area contributed by atoms with Gasteiger partial charge in [-0.15, -0.1) is 18.3 Å². The topological polar surface area (TPSA) is 135 Å². The van der Waals surface area contributed by atoms with Gasteiger partial charge in [-0.05, 0) is 68.7 Å². The molecule has 2 fully saturated rings. The lowest BCUT2D eigenvalue weighted by molar-refractivity contribution is -0.274. The van der Waals surface area contributed by atoms with Crippen molar-refractivity contribution in [3.05, 3.63) is 41.1 Å². The van der Waals surface area contributed by atoms with Crippen LogP contribution in [0.4, 0.5) is 19.0 Å². The number of halogens is 3. The Hall–Kier alpha value is -3.87. The summed E-state index contributed by atoms with van der Waals surface area (Å²) in [5, 5.41) is 16.8. The number of anilines is 1. The molecule has 0 radical (unpaired) electrons. The monoisotopic (exact) mass is 544 g/mol. The smallest absolute Gasteiger partial charge is 0.405 e. The minimum atomic E-state index is -5.00. The van der Waals surface area contributed by atoms with Crippen molar-refractivity contribution in [2.24, 2.45) is 5.92 Å². The molecule has 6 rings (SSSR count). The van der Waals surface area contributed by atoms with Gasteiger partial charge in [-0.3, -0.25) is 9.59 Å². The van der Waals surface area contributed by atoms with Crippen molar-refractivity contribution in [2.45, 2.75) is 70.1 Å². The van der Waals surface area contributed by atoms with Crippen LogP contribution in [-0.2, 0) is 6.54 Å². The Balaban J connectivity index is 1.39. The number of aliphatic hydroxyl groups is 1.